The number of hydrogen-bond donors (Lipinski definition) is 1. The topological polar surface area (TPSA) is 59.1 Å². The van der Waals surface area contributed by atoms with E-state index in [0.29, 0.717) is 5.69 Å². The number of benzene rings is 2. The normalized spacial score (nSPS) is 11.7. The van der Waals surface area contributed by atoms with Crippen LogP contribution in [0.2, 0.25) is 0 Å². The molecule has 0 radical (unpaired) electrons. The van der Waals surface area contributed by atoms with Gasteiger partial charge in [0.15, 0.2) is 4.34 Å². The molecule has 0 aliphatic heterocycles. The molecular formula is C15H14N2O2S3. The number of nitrogens with one attached hydrogen (secondary N) is 1. The highest BCUT2D eigenvalue weighted by Crippen LogP contribution is 2.30. The monoisotopic (exact) mass is 350 g/mol. The van der Waals surface area contributed by atoms with E-state index >= 15 is 0 Å². The lowest BCUT2D eigenvalue weighted by molar-refractivity contribution is 0.605. The van der Waals surface area contributed by atoms with Crippen LogP contribution in [-0.4, -0.2) is 18.5 Å². The summed E-state index contributed by atoms with van der Waals surface area (Å²) in [7, 11) is -3.40. The Morgan fingerprint density at radius 2 is 1.86 bits per heavy atom. The Labute approximate surface area is 137 Å². The van der Waals surface area contributed by atoms with Crippen molar-refractivity contribution in [2.24, 2.45) is 0 Å². The Balaban J connectivity index is 1.67. The minimum absolute atomic E-state index is 0.0549. The molecular weight excluding hydrogens is 336 g/mol. The third-order valence-corrected chi connectivity index (χ3v) is 6.97. The van der Waals surface area contributed by atoms with Crippen molar-refractivity contribution in [2.75, 3.05) is 9.81 Å². The Morgan fingerprint density at radius 1 is 1.14 bits per heavy atom. The fourth-order valence-electron chi connectivity index (χ4n) is 1.87. The van der Waals surface area contributed by atoms with Crippen LogP contribution in [0.4, 0.5) is 5.69 Å². The molecule has 0 spiro atoms. The molecule has 0 saturated heterocycles. The molecule has 1 N–H and O–H groups in total. The van der Waals surface area contributed by atoms with Gasteiger partial charge in [-0.2, -0.15) is 0 Å². The van der Waals surface area contributed by atoms with Gasteiger partial charge in [-0.25, -0.2) is 13.4 Å². The summed E-state index contributed by atoms with van der Waals surface area (Å²) < 4.78 is 28.6. The smallest absolute Gasteiger partial charge is 0.242 e. The molecule has 7 heteroatoms. The van der Waals surface area contributed by atoms with Crippen LogP contribution in [0, 0.1) is 6.92 Å². The molecule has 1 aromatic heterocycles. The van der Waals surface area contributed by atoms with E-state index in [9.17, 15) is 8.42 Å². The first-order valence-electron chi connectivity index (χ1n) is 6.57. The van der Waals surface area contributed by atoms with Gasteiger partial charge in [-0.05, 0) is 31.2 Å². The number of fused-ring (bicyclic) bond motifs is 1. The maximum Gasteiger partial charge on any atom is 0.242 e. The summed E-state index contributed by atoms with van der Waals surface area (Å²) in [6.45, 7) is 1.96. The first-order chi connectivity index (χ1) is 10.5. The lowest BCUT2D eigenvalue weighted by Gasteiger charge is -2.07. The predicted octanol–water partition coefficient (Wildman–Crippen LogP) is 4.10. The second-order valence-electron chi connectivity index (χ2n) is 4.79. The summed E-state index contributed by atoms with van der Waals surface area (Å²) in [5.74, 6) is 0. The van der Waals surface area contributed by atoms with Gasteiger partial charge in [0.25, 0.3) is 0 Å². The van der Waals surface area contributed by atoms with Crippen molar-refractivity contribution in [1.82, 2.24) is 4.98 Å². The Bertz CT molecular complexity index is 854. The number of rotatable bonds is 5. The molecule has 3 aromatic rings. The zero-order chi connectivity index (χ0) is 15.6. The molecule has 22 heavy (non-hydrogen) atoms. The number of anilines is 1. The van der Waals surface area contributed by atoms with Crippen LogP contribution in [0.25, 0.3) is 10.2 Å². The number of aromatic nitrogens is 1. The molecule has 3 rings (SSSR count). The Kier molecular flexibility index (Phi) is 4.37. The van der Waals surface area contributed by atoms with Crippen LogP contribution in [0.5, 0.6) is 0 Å². The van der Waals surface area contributed by atoms with Gasteiger partial charge in [-0.3, -0.25) is 4.72 Å². The largest absolute Gasteiger partial charge is 0.283 e. The van der Waals surface area contributed by atoms with E-state index in [1.165, 1.54) is 23.1 Å². The van der Waals surface area contributed by atoms with E-state index in [1.807, 2.05) is 43.3 Å². The molecule has 0 amide bonds. The fourth-order valence-corrected chi connectivity index (χ4v) is 5.42. The molecule has 0 aliphatic carbocycles. The highest BCUT2D eigenvalue weighted by atomic mass is 32.3. The molecule has 4 nitrogen and oxygen atoms in total. The number of nitrogens with zero attached hydrogens (tertiary/aromatic N) is 1. The third kappa shape index (κ3) is 3.79. The molecule has 0 bridgehead atoms. The third-order valence-electron chi connectivity index (χ3n) is 2.94. The number of para-hydroxylation sites is 1. The zero-order valence-corrected chi connectivity index (χ0v) is 14.3. The van der Waals surface area contributed by atoms with E-state index in [2.05, 4.69) is 9.71 Å². The van der Waals surface area contributed by atoms with Crippen LogP contribution < -0.4 is 4.72 Å². The van der Waals surface area contributed by atoms with E-state index < -0.39 is 10.0 Å². The average molecular weight is 350 g/mol. The minimum Gasteiger partial charge on any atom is -0.283 e. The summed E-state index contributed by atoms with van der Waals surface area (Å²) in [5.41, 5.74) is 2.57. The maximum atomic E-state index is 12.1. The summed E-state index contributed by atoms with van der Waals surface area (Å²) in [5, 5.41) is -0.0549. The van der Waals surface area contributed by atoms with Gasteiger partial charge in [-0.15, -0.1) is 11.3 Å². The molecule has 0 saturated carbocycles. The molecule has 0 unspecified atom stereocenters. The summed E-state index contributed by atoms with van der Waals surface area (Å²) in [4.78, 5) is 4.42. The van der Waals surface area contributed by atoms with Crippen molar-refractivity contribution in [2.45, 2.75) is 11.3 Å². The van der Waals surface area contributed by atoms with E-state index in [4.69, 9.17) is 0 Å². The van der Waals surface area contributed by atoms with Crippen LogP contribution in [0.3, 0.4) is 0 Å². The van der Waals surface area contributed by atoms with Crippen molar-refractivity contribution < 1.29 is 8.42 Å². The van der Waals surface area contributed by atoms with Gasteiger partial charge in [0.2, 0.25) is 10.0 Å². The first kappa shape index (κ1) is 15.3. The molecule has 0 atom stereocenters. The number of aryl methyl sites for hydroxylation is 1. The Hall–Kier alpha value is -1.57. The zero-order valence-electron chi connectivity index (χ0n) is 11.8. The quantitative estimate of drug-likeness (QED) is 0.704. The lowest BCUT2D eigenvalue weighted by Crippen LogP contribution is -2.14. The maximum absolute atomic E-state index is 12.1. The second kappa shape index (κ2) is 6.28. The highest BCUT2D eigenvalue weighted by molar-refractivity contribution is 8.13. The lowest BCUT2D eigenvalue weighted by atomic mass is 10.2. The minimum atomic E-state index is -3.40. The van der Waals surface area contributed by atoms with Crippen LogP contribution in [0.15, 0.2) is 52.9 Å². The van der Waals surface area contributed by atoms with Crippen molar-refractivity contribution >= 4 is 49.0 Å². The van der Waals surface area contributed by atoms with E-state index in [-0.39, 0.29) is 5.08 Å². The first-order valence-corrected chi connectivity index (χ1v) is 10.0. The van der Waals surface area contributed by atoms with Gasteiger partial charge in [-0.1, -0.05) is 41.6 Å². The standard InChI is InChI=1S/C15H14N2O2S3/c1-11-6-8-12(9-7-11)17-22(18,19)10-20-15-16-13-4-2-3-5-14(13)21-15/h2-9,17H,10H2,1H3. The number of thioether (sulfide) groups is 1. The average Bonchev–Trinajstić information content (AvgIpc) is 2.90. The molecule has 0 fully saturated rings. The predicted molar refractivity (Wildman–Crippen MR) is 94.1 cm³/mol. The van der Waals surface area contributed by atoms with Gasteiger partial charge >= 0.3 is 0 Å². The van der Waals surface area contributed by atoms with Gasteiger partial charge in [0.1, 0.15) is 5.08 Å². The second-order valence-corrected chi connectivity index (χ2v) is 9.13. The van der Waals surface area contributed by atoms with Crippen LogP contribution in [0.1, 0.15) is 5.56 Å². The molecule has 2 aromatic carbocycles. The van der Waals surface area contributed by atoms with E-state index in [0.717, 1.165) is 20.1 Å². The SMILES string of the molecule is Cc1ccc(NS(=O)(=O)CSc2nc3ccccc3s2)cc1. The summed E-state index contributed by atoms with van der Waals surface area (Å²) in [6, 6.07) is 15.0. The van der Waals surface area contributed by atoms with E-state index in [1.54, 1.807) is 12.1 Å². The number of sulfonamides is 1. The van der Waals surface area contributed by atoms with Crippen LogP contribution >= 0.6 is 23.1 Å². The number of hydrogen-bond acceptors (Lipinski definition) is 5. The van der Waals surface area contributed by atoms with Crippen molar-refractivity contribution in [3.05, 3.63) is 54.1 Å². The Morgan fingerprint density at radius 3 is 2.59 bits per heavy atom. The highest BCUT2D eigenvalue weighted by Gasteiger charge is 2.13. The molecule has 0 aliphatic rings. The number of thiazole rings is 1. The van der Waals surface area contributed by atoms with Crippen LogP contribution in [-0.2, 0) is 10.0 Å². The van der Waals surface area contributed by atoms with Gasteiger partial charge in [0, 0.05) is 5.69 Å². The van der Waals surface area contributed by atoms with Crippen molar-refractivity contribution in [3.8, 4) is 0 Å². The summed E-state index contributed by atoms with van der Waals surface area (Å²) >= 11 is 2.74. The van der Waals surface area contributed by atoms with Crippen molar-refractivity contribution in [3.63, 3.8) is 0 Å². The van der Waals surface area contributed by atoms with Gasteiger partial charge in [0.05, 0.1) is 10.2 Å². The van der Waals surface area contributed by atoms with Gasteiger partial charge < -0.3 is 0 Å². The fraction of sp³-hybridized carbons (Fsp3) is 0.133. The molecule has 114 valence electrons. The van der Waals surface area contributed by atoms with Crippen molar-refractivity contribution in [1.29, 1.82) is 0 Å². The summed E-state index contributed by atoms with van der Waals surface area (Å²) in [6.07, 6.45) is 0. The molecule has 1 heterocycles.